The minimum absolute atomic E-state index is 0.980. The number of rotatable bonds is 5. The normalized spacial score (nSPS) is 12.0. The molecule has 4 aromatic heterocycles. The number of hydrogen-bond donors (Lipinski definition) is 0. The van der Waals surface area contributed by atoms with Crippen LogP contribution in [0, 0.1) is 0 Å². The second kappa shape index (κ2) is 13.9. The summed E-state index contributed by atoms with van der Waals surface area (Å²) in [5.74, 6) is 0. The summed E-state index contributed by atoms with van der Waals surface area (Å²) in [5.41, 5.74) is 15.8. The van der Waals surface area contributed by atoms with E-state index >= 15 is 0 Å². The fourth-order valence-corrected chi connectivity index (χ4v) is 10.8. The van der Waals surface area contributed by atoms with Crippen LogP contribution in [0.15, 0.2) is 231 Å². The standard InChI is InChI=1S/C61H38N4/c1-2-16-42(17-3-1)63-57-29-15-9-23-50(57)60-58(63)35-34-51-59(60)49-22-4-10-24-52(49)62-61(51)40-32-30-39(31-33-40)41-36-43(64-53-25-11-5-18-45(53)46-19-6-12-26-54(46)64)38-44(37-41)65-55-27-13-7-20-47(55)48-21-8-14-28-56(48)65/h1-38H. The van der Waals surface area contributed by atoms with E-state index in [1.165, 1.54) is 70.8 Å². The maximum absolute atomic E-state index is 5.43. The van der Waals surface area contributed by atoms with Crippen molar-refractivity contribution in [2.45, 2.75) is 0 Å². The SMILES string of the molecule is c1ccc(-n2c3ccccc3c3c4c(ccc32)c(-c2ccc(-c3cc(-n5c6ccccc6c6ccccc65)cc(-n5c6ccccc6c6ccccc65)c3)cc2)nc2ccccc24)cc1. The van der Waals surface area contributed by atoms with Crippen LogP contribution in [-0.4, -0.2) is 18.7 Å². The number of fused-ring (bicyclic) bond motifs is 13. The van der Waals surface area contributed by atoms with Crippen LogP contribution in [0.4, 0.5) is 0 Å². The van der Waals surface area contributed by atoms with E-state index in [0.29, 0.717) is 0 Å². The van der Waals surface area contributed by atoms with Gasteiger partial charge in [-0.3, -0.25) is 0 Å². The molecule has 0 saturated carbocycles. The highest BCUT2D eigenvalue weighted by atomic mass is 15.0. The molecule has 0 fully saturated rings. The van der Waals surface area contributed by atoms with Crippen molar-refractivity contribution in [3.05, 3.63) is 231 Å². The summed E-state index contributed by atoms with van der Waals surface area (Å²) in [6, 6.07) is 83.9. The summed E-state index contributed by atoms with van der Waals surface area (Å²) in [5, 5.41) is 11.0. The zero-order valence-electron chi connectivity index (χ0n) is 35.2. The second-order valence-electron chi connectivity index (χ2n) is 17.1. The van der Waals surface area contributed by atoms with E-state index < -0.39 is 0 Å². The fraction of sp³-hybridized carbons (Fsp3) is 0. The van der Waals surface area contributed by atoms with E-state index in [-0.39, 0.29) is 0 Å². The minimum atomic E-state index is 0.980. The average Bonchev–Trinajstić information content (AvgIpc) is 4.02. The largest absolute Gasteiger partial charge is 0.309 e. The van der Waals surface area contributed by atoms with E-state index in [2.05, 4.69) is 244 Å². The molecule has 65 heavy (non-hydrogen) atoms. The van der Waals surface area contributed by atoms with Gasteiger partial charge in [-0.2, -0.15) is 0 Å². The Morgan fingerprint density at radius 1 is 0.246 bits per heavy atom. The Morgan fingerprint density at radius 3 is 1.23 bits per heavy atom. The maximum Gasteiger partial charge on any atom is 0.0788 e. The lowest BCUT2D eigenvalue weighted by atomic mass is 9.95. The molecule has 4 nitrogen and oxygen atoms in total. The van der Waals surface area contributed by atoms with E-state index in [9.17, 15) is 0 Å². The molecule has 0 atom stereocenters. The van der Waals surface area contributed by atoms with Crippen LogP contribution in [0.25, 0.3) is 127 Å². The number of aromatic nitrogens is 4. The monoisotopic (exact) mass is 826 g/mol. The Morgan fingerprint density at radius 2 is 0.677 bits per heavy atom. The molecule has 0 saturated heterocycles. The van der Waals surface area contributed by atoms with Crippen molar-refractivity contribution in [3.63, 3.8) is 0 Å². The van der Waals surface area contributed by atoms with Crippen molar-refractivity contribution < 1.29 is 0 Å². The molecule has 4 heteroatoms. The molecule has 0 N–H and O–H groups in total. The highest BCUT2D eigenvalue weighted by Crippen LogP contribution is 2.43. The highest BCUT2D eigenvalue weighted by Gasteiger charge is 2.21. The predicted molar refractivity (Wildman–Crippen MR) is 273 cm³/mol. The lowest BCUT2D eigenvalue weighted by Gasteiger charge is -2.16. The maximum atomic E-state index is 5.43. The molecule has 0 bridgehead atoms. The Balaban J connectivity index is 0.993. The van der Waals surface area contributed by atoms with E-state index in [0.717, 1.165) is 55.7 Å². The van der Waals surface area contributed by atoms with Gasteiger partial charge in [-0.25, -0.2) is 4.98 Å². The Labute approximate surface area is 374 Å². The van der Waals surface area contributed by atoms with Gasteiger partial charge in [0, 0.05) is 71.1 Å². The number of nitrogens with zero attached hydrogens (tertiary/aromatic N) is 4. The van der Waals surface area contributed by atoms with Gasteiger partial charge >= 0.3 is 0 Å². The Hall–Kier alpha value is -8.73. The van der Waals surface area contributed by atoms with Gasteiger partial charge in [0.2, 0.25) is 0 Å². The van der Waals surface area contributed by atoms with Gasteiger partial charge in [0.25, 0.3) is 0 Å². The summed E-state index contributed by atoms with van der Waals surface area (Å²) in [4.78, 5) is 5.43. The number of benzene rings is 10. The third kappa shape index (κ3) is 5.28. The third-order valence-electron chi connectivity index (χ3n) is 13.6. The Kier molecular flexibility index (Phi) is 7.65. The molecule has 0 unspecified atom stereocenters. The molecule has 0 spiro atoms. The zero-order valence-corrected chi connectivity index (χ0v) is 35.2. The molecule has 0 aliphatic rings. The van der Waals surface area contributed by atoms with Crippen molar-refractivity contribution in [1.82, 2.24) is 18.7 Å². The van der Waals surface area contributed by atoms with Crippen molar-refractivity contribution >= 4 is 87.1 Å². The van der Waals surface area contributed by atoms with Crippen LogP contribution in [0.1, 0.15) is 0 Å². The summed E-state index contributed by atoms with van der Waals surface area (Å²) in [6.07, 6.45) is 0. The number of pyridine rings is 1. The van der Waals surface area contributed by atoms with Gasteiger partial charge in [-0.15, -0.1) is 0 Å². The summed E-state index contributed by atoms with van der Waals surface area (Å²) in [6.45, 7) is 0. The molecule has 0 aliphatic heterocycles. The van der Waals surface area contributed by atoms with Crippen LogP contribution in [0.5, 0.6) is 0 Å². The van der Waals surface area contributed by atoms with E-state index in [4.69, 9.17) is 4.98 Å². The molecular formula is C61H38N4. The van der Waals surface area contributed by atoms with Crippen molar-refractivity contribution in [1.29, 1.82) is 0 Å². The van der Waals surface area contributed by atoms with Gasteiger partial charge in [0.15, 0.2) is 0 Å². The third-order valence-corrected chi connectivity index (χ3v) is 13.6. The molecular weight excluding hydrogens is 789 g/mol. The number of para-hydroxylation sites is 7. The first-order chi connectivity index (χ1) is 32.3. The van der Waals surface area contributed by atoms with Crippen LogP contribution in [0.3, 0.4) is 0 Å². The molecule has 4 heterocycles. The van der Waals surface area contributed by atoms with Gasteiger partial charge in [-0.1, -0.05) is 158 Å². The number of hydrogen-bond acceptors (Lipinski definition) is 1. The summed E-state index contributed by atoms with van der Waals surface area (Å²) < 4.78 is 7.26. The smallest absolute Gasteiger partial charge is 0.0788 e. The van der Waals surface area contributed by atoms with Gasteiger partial charge in [-0.05, 0) is 83.9 Å². The molecule has 10 aromatic carbocycles. The summed E-state index contributed by atoms with van der Waals surface area (Å²) in [7, 11) is 0. The van der Waals surface area contributed by atoms with Crippen molar-refractivity contribution in [2.75, 3.05) is 0 Å². The zero-order chi connectivity index (χ0) is 42.6. The van der Waals surface area contributed by atoms with E-state index in [1.807, 2.05) is 0 Å². The van der Waals surface area contributed by atoms with Gasteiger partial charge in [0.05, 0.1) is 44.3 Å². The first-order valence-corrected chi connectivity index (χ1v) is 22.3. The Bertz CT molecular complexity index is 3990. The lowest BCUT2D eigenvalue weighted by Crippen LogP contribution is -2.00. The molecule has 0 aliphatic carbocycles. The molecule has 14 aromatic rings. The van der Waals surface area contributed by atoms with Crippen molar-refractivity contribution in [3.8, 4) is 39.4 Å². The predicted octanol–water partition coefficient (Wildman–Crippen LogP) is 16.0. The molecule has 0 radical (unpaired) electrons. The average molecular weight is 827 g/mol. The topological polar surface area (TPSA) is 27.7 Å². The molecule has 0 amide bonds. The second-order valence-corrected chi connectivity index (χ2v) is 17.1. The minimum Gasteiger partial charge on any atom is -0.309 e. The first-order valence-electron chi connectivity index (χ1n) is 22.3. The fourth-order valence-electron chi connectivity index (χ4n) is 10.8. The quantitative estimate of drug-likeness (QED) is 0.159. The lowest BCUT2D eigenvalue weighted by molar-refractivity contribution is 1.13. The van der Waals surface area contributed by atoms with Crippen LogP contribution >= 0.6 is 0 Å². The highest BCUT2D eigenvalue weighted by molar-refractivity contribution is 6.29. The first kappa shape index (κ1) is 35.8. The van der Waals surface area contributed by atoms with Gasteiger partial charge < -0.3 is 13.7 Å². The molecule has 14 rings (SSSR count). The van der Waals surface area contributed by atoms with Crippen LogP contribution < -0.4 is 0 Å². The van der Waals surface area contributed by atoms with Gasteiger partial charge in [0.1, 0.15) is 0 Å². The summed E-state index contributed by atoms with van der Waals surface area (Å²) >= 11 is 0. The van der Waals surface area contributed by atoms with Crippen LogP contribution in [-0.2, 0) is 0 Å². The van der Waals surface area contributed by atoms with Crippen molar-refractivity contribution in [2.24, 2.45) is 0 Å². The van der Waals surface area contributed by atoms with Crippen LogP contribution in [0.2, 0.25) is 0 Å². The van der Waals surface area contributed by atoms with E-state index in [1.54, 1.807) is 0 Å². The molecule has 302 valence electrons.